The minimum Gasteiger partial charge on any atom is -0.354 e. The molecule has 1 amide bonds. The summed E-state index contributed by atoms with van der Waals surface area (Å²) in [7, 11) is 0. The molecule has 0 aromatic rings. The fourth-order valence-electron chi connectivity index (χ4n) is 2.12. The Morgan fingerprint density at radius 1 is 1.53 bits per heavy atom. The Kier molecular flexibility index (Phi) is 7.06. The number of nitriles is 1. The lowest BCUT2D eigenvalue weighted by Gasteiger charge is -2.19. The number of amides is 1. The van der Waals surface area contributed by atoms with Crippen LogP contribution in [0.25, 0.3) is 0 Å². The summed E-state index contributed by atoms with van der Waals surface area (Å²) in [5.41, 5.74) is 0. The summed E-state index contributed by atoms with van der Waals surface area (Å²) < 4.78 is 0. The second-order valence-electron chi connectivity index (χ2n) is 4.17. The van der Waals surface area contributed by atoms with Gasteiger partial charge in [-0.3, -0.25) is 4.79 Å². The van der Waals surface area contributed by atoms with E-state index in [-0.39, 0.29) is 5.91 Å². The summed E-state index contributed by atoms with van der Waals surface area (Å²) in [6, 6.07) is 2.48. The van der Waals surface area contributed by atoms with Gasteiger partial charge in [0.05, 0.1) is 19.0 Å². The maximum absolute atomic E-state index is 11.4. The number of carbonyl (C=O) groups is 1. The van der Waals surface area contributed by atoms with Crippen LogP contribution in [0.2, 0.25) is 0 Å². The molecular weight excluding hydrogens is 234 g/mol. The topological polar surface area (TPSA) is 64.9 Å². The first-order valence-electron chi connectivity index (χ1n) is 6.26. The third kappa shape index (κ3) is 5.42. The maximum atomic E-state index is 11.4. The minimum atomic E-state index is -0.00704. The van der Waals surface area contributed by atoms with Crippen molar-refractivity contribution in [3.05, 3.63) is 0 Å². The summed E-state index contributed by atoms with van der Waals surface area (Å²) >= 11 is 1.98. The molecule has 2 atom stereocenters. The Bertz CT molecular complexity index is 277. The van der Waals surface area contributed by atoms with Gasteiger partial charge in [-0.25, -0.2) is 0 Å². The van der Waals surface area contributed by atoms with Gasteiger partial charge in [-0.05, 0) is 18.6 Å². The molecule has 0 aromatic heterocycles. The van der Waals surface area contributed by atoms with Crippen LogP contribution in [0, 0.1) is 11.3 Å². The van der Waals surface area contributed by atoms with Gasteiger partial charge in [0.1, 0.15) is 0 Å². The Labute approximate surface area is 108 Å². The zero-order valence-corrected chi connectivity index (χ0v) is 11.2. The third-order valence-corrected chi connectivity index (χ3v) is 4.24. The SMILES string of the molecule is CCSC1CCCC1NCC(=O)NCCC#N. The van der Waals surface area contributed by atoms with E-state index in [1.54, 1.807) is 0 Å². The number of hydrogen-bond donors (Lipinski definition) is 2. The van der Waals surface area contributed by atoms with Crippen LogP contribution in [0.3, 0.4) is 0 Å². The molecule has 1 fully saturated rings. The van der Waals surface area contributed by atoms with Crippen molar-refractivity contribution in [1.82, 2.24) is 10.6 Å². The molecule has 1 aliphatic rings. The van der Waals surface area contributed by atoms with E-state index in [1.165, 1.54) is 19.3 Å². The molecule has 0 aliphatic heterocycles. The fourth-order valence-corrected chi connectivity index (χ4v) is 3.34. The van der Waals surface area contributed by atoms with Gasteiger partial charge in [-0.2, -0.15) is 17.0 Å². The molecule has 2 N–H and O–H groups in total. The van der Waals surface area contributed by atoms with Crippen LogP contribution >= 0.6 is 11.8 Å². The summed E-state index contributed by atoms with van der Waals surface area (Å²) in [6.45, 7) is 3.00. The first-order chi connectivity index (χ1) is 8.27. The molecule has 2 unspecified atom stereocenters. The van der Waals surface area contributed by atoms with Crippen molar-refractivity contribution in [3.63, 3.8) is 0 Å². The zero-order valence-electron chi connectivity index (χ0n) is 10.4. The van der Waals surface area contributed by atoms with Gasteiger partial charge in [0.15, 0.2) is 0 Å². The lowest BCUT2D eigenvalue weighted by atomic mass is 10.2. The van der Waals surface area contributed by atoms with Crippen molar-refractivity contribution in [3.8, 4) is 6.07 Å². The van der Waals surface area contributed by atoms with E-state index in [9.17, 15) is 4.79 Å². The molecule has 4 nitrogen and oxygen atoms in total. The minimum absolute atomic E-state index is 0.00704. The molecular formula is C12H21N3OS. The Morgan fingerprint density at radius 2 is 2.35 bits per heavy atom. The second-order valence-corrected chi connectivity index (χ2v) is 5.69. The first-order valence-corrected chi connectivity index (χ1v) is 7.31. The van der Waals surface area contributed by atoms with Gasteiger partial charge in [0.2, 0.25) is 5.91 Å². The van der Waals surface area contributed by atoms with E-state index < -0.39 is 0 Å². The fraction of sp³-hybridized carbons (Fsp3) is 0.833. The predicted octanol–water partition coefficient (Wildman–Crippen LogP) is 1.28. The van der Waals surface area contributed by atoms with Gasteiger partial charge < -0.3 is 10.6 Å². The number of nitrogens with zero attached hydrogens (tertiary/aromatic N) is 1. The van der Waals surface area contributed by atoms with Crippen LogP contribution in [0.15, 0.2) is 0 Å². The van der Waals surface area contributed by atoms with Crippen molar-refractivity contribution in [2.75, 3.05) is 18.8 Å². The molecule has 0 aromatic carbocycles. The molecule has 0 spiro atoms. The Balaban J connectivity index is 2.16. The van der Waals surface area contributed by atoms with E-state index in [0.717, 1.165) is 5.75 Å². The standard InChI is InChI=1S/C12H21N3OS/c1-2-17-11-6-3-5-10(11)15-9-12(16)14-8-4-7-13/h10-11,15H,2-6,8-9H2,1H3,(H,14,16). The van der Waals surface area contributed by atoms with E-state index in [1.807, 2.05) is 17.8 Å². The summed E-state index contributed by atoms with van der Waals surface area (Å²) in [6.07, 6.45) is 4.06. The Hall–Kier alpha value is -0.730. The van der Waals surface area contributed by atoms with Gasteiger partial charge in [-0.15, -0.1) is 0 Å². The third-order valence-electron chi connectivity index (χ3n) is 2.92. The van der Waals surface area contributed by atoms with Crippen molar-refractivity contribution < 1.29 is 4.79 Å². The molecule has 5 heteroatoms. The summed E-state index contributed by atoms with van der Waals surface area (Å²) in [5.74, 6) is 1.13. The van der Waals surface area contributed by atoms with E-state index in [0.29, 0.717) is 30.8 Å². The molecule has 0 radical (unpaired) electrons. The monoisotopic (exact) mass is 255 g/mol. The van der Waals surface area contributed by atoms with Crippen LogP contribution in [0.1, 0.15) is 32.6 Å². The quantitative estimate of drug-likeness (QED) is 0.673. The number of rotatable bonds is 7. The average Bonchev–Trinajstić information content (AvgIpc) is 2.75. The largest absolute Gasteiger partial charge is 0.354 e. The maximum Gasteiger partial charge on any atom is 0.233 e. The highest BCUT2D eigenvalue weighted by Gasteiger charge is 2.26. The van der Waals surface area contributed by atoms with Gasteiger partial charge in [-0.1, -0.05) is 13.3 Å². The highest BCUT2D eigenvalue weighted by atomic mass is 32.2. The molecule has 1 rings (SSSR count). The van der Waals surface area contributed by atoms with Crippen LogP contribution in [0.4, 0.5) is 0 Å². The van der Waals surface area contributed by atoms with Crippen molar-refractivity contribution in [1.29, 1.82) is 5.26 Å². The lowest BCUT2D eigenvalue weighted by molar-refractivity contribution is -0.120. The molecule has 1 aliphatic carbocycles. The summed E-state index contributed by atoms with van der Waals surface area (Å²) in [5, 5.41) is 15.1. The van der Waals surface area contributed by atoms with Crippen molar-refractivity contribution in [2.45, 2.75) is 43.9 Å². The van der Waals surface area contributed by atoms with E-state index >= 15 is 0 Å². The van der Waals surface area contributed by atoms with Gasteiger partial charge >= 0.3 is 0 Å². The van der Waals surface area contributed by atoms with E-state index in [2.05, 4.69) is 17.6 Å². The van der Waals surface area contributed by atoms with Gasteiger partial charge in [0, 0.05) is 17.8 Å². The van der Waals surface area contributed by atoms with Crippen LogP contribution in [-0.4, -0.2) is 36.0 Å². The lowest BCUT2D eigenvalue weighted by Crippen LogP contribution is -2.41. The normalized spacial score (nSPS) is 23.3. The number of carbonyl (C=O) groups excluding carboxylic acids is 1. The van der Waals surface area contributed by atoms with Crippen molar-refractivity contribution >= 4 is 17.7 Å². The average molecular weight is 255 g/mol. The van der Waals surface area contributed by atoms with Crippen molar-refractivity contribution in [2.24, 2.45) is 0 Å². The predicted molar refractivity (Wildman–Crippen MR) is 70.8 cm³/mol. The van der Waals surface area contributed by atoms with Crippen LogP contribution in [0.5, 0.6) is 0 Å². The molecule has 0 bridgehead atoms. The summed E-state index contributed by atoms with van der Waals surface area (Å²) in [4.78, 5) is 11.4. The smallest absolute Gasteiger partial charge is 0.233 e. The zero-order chi connectivity index (χ0) is 12.5. The molecule has 1 saturated carbocycles. The molecule has 17 heavy (non-hydrogen) atoms. The van der Waals surface area contributed by atoms with Crippen LogP contribution in [-0.2, 0) is 4.79 Å². The molecule has 0 saturated heterocycles. The van der Waals surface area contributed by atoms with Gasteiger partial charge in [0.25, 0.3) is 0 Å². The highest BCUT2D eigenvalue weighted by Crippen LogP contribution is 2.29. The van der Waals surface area contributed by atoms with Crippen LogP contribution < -0.4 is 10.6 Å². The first kappa shape index (κ1) is 14.3. The Morgan fingerprint density at radius 3 is 3.06 bits per heavy atom. The highest BCUT2D eigenvalue weighted by molar-refractivity contribution is 7.99. The molecule has 96 valence electrons. The second kappa shape index (κ2) is 8.37. The number of thioether (sulfide) groups is 1. The number of nitrogens with one attached hydrogen (secondary N) is 2. The number of hydrogen-bond acceptors (Lipinski definition) is 4. The molecule has 0 heterocycles. The van der Waals surface area contributed by atoms with E-state index in [4.69, 9.17) is 5.26 Å².